The third-order valence-corrected chi connectivity index (χ3v) is 6.83. The van der Waals surface area contributed by atoms with Gasteiger partial charge in [-0.15, -0.1) is 0 Å². The van der Waals surface area contributed by atoms with Crippen LogP contribution in [0.1, 0.15) is 31.7 Å². The number of halogens is 1. The van der Waals surface area contributed by atoms with Crippen molar-refractivity contribution in [3.8, 4) is 0 Å². The Kier molecular flexibility index (Phi) is 5.29. The molecule has 1 aromatic carbocycles. The molecule has 2 heterocycles. The zero-order chi connectivity index (χ0) is 17.3. The fourth-order valence-corrected chi connectivity index (χ4v) is 5.30. The molecule has 1 amide bonds. The first-order valence-corrected chi connectivity index (χ1v) is 10.4. The number of carbonyl (C=O) groups excluding carboxylic acids is 1. The van der Waals surface area contributed by atoms with E-state index in [1.54, 1.807) is 24.0 Å². The fraction of sp³-hybridized carbons (Fsp3) is 0.562. The van der Waals surface area contributed by atoms with Gasteiger partial charge >= 0.3 is 0 Å². The average Bonchev–Trinajstić information content (AvgIpc) is 3.20. The second-order valence-corrected chi connectivity index (χ2v) is 8.64. The molecule has 2 aliphatic heterocycles. The zero-order valence-electron chi connectivity index (χ0n) is 13.5. The Balaban J connectivity index is 1.86. The van der Waals surface area contributed by atoms with Crippen molar-refractivity contribution in [3.05, 3.63) is 22.2 Å². The summed E-state index contributed by atoms with van der Waals surface area (Å²) in [5, 5.41) is 0. The SMILES string of the molecule is CCC(=O)N1CCc2cc(Br)c(S(=O)(=O)NCC3CCCO3)cc21. The Hall–Kier alpha value is -0.960. The van der Waals surface area contributed by atoms with Gasteiger partial charge in [0.15, 0.2) is 0 Å². The predicted molar refractivity (Wildman–Crippen MR) is 94.7 cm³/mol. The molecule has 132 valence electrons. The van der Waals surface area contributed by atoms with Crippen molar-refractivity contribution in [2.24, 2.45) is 0 Å². The highest BCUT2D eigenvalue weighted by Crippen LogP contribution is 2.35. The number of anilines is 1. The van der Waals surface area contributed by atoms with Crippen molar-refractivity contribution in [1.82, 2.24) is 4.72 Å². The second kappa shape index (κ2) is 7.11. The number of amides is 1. The topological polar surface area (TPSA) is 75.7 Å². The first-order chi connectivity index (χ1) is 11.4. The minimum atomic E-state index is -3.67. The number of rotatable bonds is 5. The van der Waals surface area contributed by atoms with Crippen LogP contribution in [0, 0.1) is 0 Å². The molecule has 0 radical (unpaired) electrons. The minimum absolute atomic E-state index is 0.00624. The summed E-state index contributed by atoms with van der Waals surface area (Å²) in [6.07, 6.45) is 2.90. The zero-order valence-corrected chi connectivity index (χ0v) is 16.0. The van der Waals surface area contributed by atoms with E-state index in [1.807, 2.05) is 0 Å². The number of nitrogens with one attached hydrogen (secondary N) is 1. The molecule has 1 unspecified atom stereocenters. The summed E-state index contributed by atoms with van der Waals surface area (Å²) in [6.45, 7) is 3.35. The quantitative estimate of drug-likeness (QED) is 0.797. The number of hydrogen-bond acceptors (Lipinski definition) is 4. The van der Waals surface area contributed by atoms with Gasteiger partial charge in [0, 0.05) is 36.3 Å². The first kappa shape index (κ1) is 17.8. The van der Waals surface area contributed by atoms with Crippen molar-refractivity contribution in [1.29, 1.82) is 0 Å². The molecule has 1 saturated heterocycles. The molecule has 3 rings (SSSR count). The molecule has 2 aliphatic rings. The van der Waals surface area contributed by atoms with E-state index in [0.29, 0.717) is 29.7 Å². The van der Waals surface area contributed by atoms with Gasteiger partial charge in [-0.2, -0.15) is 0 Å². The molecule has 0 spiro atoms. The van der Waals surface area contributed by atoms with Gasteiger partial charge in [0.2, 0.25) is 15.9 Å². The highest BCUT2D eigenvalue weighted by atomic mass is 79.9. The lowest BCUT2D eigenvalue weighted by Crippen LogP contribution is -2.32. The van der Waals surface area contributed by atoms with Gasteiger partial charge in [0.05, 0.1) is 11.0 Å². The monoisotopic (exact) mass is 416 g/mol. The Morgan fingerprint density at radius 1 is 1.46 bits per heavy atom. The molecule has 24 heavy (non-hydrogen) atoms. The third kappa shape index (κ3) is 3.51. The van der Waals surface area contributed by atoms with Crippen molar-refractivity contribution in [2.75, 3.05) is 24.6 Å². The highest BCUT2D eigenvalue weighted by Gasteiger charge is 2.29. The normalized spacial score (nSPS) is 20.4. The summed E-state index contributed by atoms with van der Waals surface area (Å²) in [5.74, 6) is 0.00624. The number of nitrogens with zero attached hydrogens (tertiary/aromatic N) is 1. The molecule has 0 aliphatic carbocycles. The van der Waals surface area contributed by atoms with E-state index in [4.69, 9.17) is 4.74 Å². The van der Waals surface area contributed by atoms with E-state index in [1.165, 1.54) is 0 Å². The van der Waals surface area contributed by atoms with Crippen LogP contribution < -0.4 is 9.62 Å². The molecule has 8 heteroatoms. The van der Waals surface area contributed by atoms with Gasteiger partial charge in [0.25, 0.3) is 0 Å². The van der Waals surface area contributed by atoms with E-state index >= 15 is 0 Å². The Morgan fingerprint density at radius 2 is 2.25 bits per heavy atom. The summed E-state index contributed by atoms with van der Waals surface area (Å²) < 4.78 is 33.9. The Labute approximate surface area is 150 Å². The Bertz CT molecular complexity index is 745. The van der Waals surface area contributed by atoms with Crippen LogP contribution in [0.2, 0.25) is 0 Å². The summed E-state index contributed by atoms with van der Waals surface area (Å²) >= 11 is 3.36. The number of carbonyl (C=O) groups is 1. The lowest BCUT2D eigenvalue weighted by molar-refractivity contribution is -0.118. The van der Waals surface area contributed by atoms with Gasteiger partial charge in [-0.05, 0) is 52.9 Å². The lowest BCUT2D eigenvalue weighted by Gasteiger charge is -2.18. The third-order valence-electron chi connectivity index (χ3n) is 4.45. The van der Waals surface area contributed by atoms with Crippen LogP contribution in [0.15, 0.2) is 21.5 Å². The van der Waals surface area contributed by atoms with Crippen LogP contribution >= 0.6 is 15.9 Å². The number of hydrogen-bond donors (Lipinski definition) is 1. The van der Waals surface area contributed by atoms with Crippen LogP contribution in [-0.2, 0) is 26.0 Å². The van der Waals surface area contributed by atoms with Gasteiger partial charge in [-0.3, -0.25) is 4.79 Å². The molecule has 1 fully saturated rings. The van der Waals surface area contributed by atoms with E-state index in [-0.39, 0.29) is 23.5 Å². The van der Waals surface area contributed by atoms with Crippen molar-refractivity contribution in [2.45, 2.75) is 43.6 Å². The molecular weight excluding hydrogens is 396 g/mol. The summed E-state index contributed by atoms with van der Waals surface area (Å²) in [6, 6.07) is 3.40. The van der Waals surface area contributed by atoms with Crippen LogP contribution in [-0.4, -0.2) is 40.1 Å². The summed E-state index contributed by atoms with van der Waals surface area (Å²) in [4.78, 5) is 13.9. The number of benzene rings is 1. The first-order valence-electron chi connectivity index (χ1n) is 8.16. The number of sulfonamides is 1. The molecule has 0 aromatic heterocycles. The van der Waals surface area contributed by atoms with E-state index in [9.17, 15) is 13.2 Å². The van der Waals surface area contributed by atoms with Gasteiger partial charge in [0.1, 0.15) is 0 Å². The molecule has 6 nitrogen and oxygen atoms in total. The fourth-order valence-electron chi connectivity index (χ4n) is 3.13. The summed E-state index contributed by atoms with van der Waals surface area (Å²) in [7, 11) is -3.67. The average molecular weight is 417 g/mol. The standard InChI is InChI=1S/C16H21BrN2O4S/c1-2-16(20)19-6-5-11-8-13(17)15(9-14(11)19)24(21,22)18-10-12-4-3-7-23-12/h8-9,12,18H,2-7,10H2,1H3. The molecule has 1 aromatic rings. The van der Waals surface area contributed by atoms with E-state index in [2.05, 4.69) is 20.7 Å². The number of ether oxygens (including phenoxy) is 1. The van der Waals surface area contributed by atoms with Gasteiger partial charge < -0.3 is 9.64 Å². The highest BCUT2D eigenvalue weighted by molar-refractivity contribution is 9.10. The van der Waals surface area contributed by atoms with Crippen molar-refractivity contribution < 1.29 is 17.9 Å². The maximum Gasteiger partial charge on any atom is 0.241 e. The smallest absolute Gasteiger partial charge is 0.241 e. The van der Waals surface area contributed by atoms with Crippen molar-refractivity contribution in [3.63, 3.8) is 0 Å². The maximum absolute atomic E-state index is 12.7. The number of fused-ring (bicyclic) bond motifs is 1. The molecule has 1 atom stereocenters. The molecule has 1 N–H and O–H groups in total. The second-order valence-electron chi connectivity index (χ2n) is 6.05. The van der Waals surface area contributed by atoms with Crippen LogP contribution in [0.4, 0.5) is 5.69 Å². The Morgan fingerprint density at radius 3 is 2.92 bits per heavy atom. The predicted octanol–water partition coefficient (Wildman–Crippen LogP) is 2.21. The molecular formula is C16H21BrN2O4S. The lowest BCUT2D eigenvalue weighted by atomic mass is 10.2. The van der Waals surface area contributed by atoms with Crippen LogP contribution in [0.25, 0.3) is 0 Å². The van der Waals surface area contributed by atoms with Crippen molar-refractivity contribution >= 4 is 37.5 Å². The largest absolute Gasteiger partial charge is 0.377 e. The van der Waals surface area contributed by atoms with E-state index in [0.717, 1.165) is 24.8 Å². The minimum Gasteiger partial charge on any atom is -0.377 e. The van der Waals surface area contributed by atoms with Gasteiger partial charge in [-0.25, -0.2) is 13.1 Å². The summed E-state index contributed by atoms with van der Waals surface area (Å²) in [5.41, 5.74) is 1.68. The van der Waals surface area contributed by atoms with Gasteiger partial charge in [-0.1, -0.05) is 6.92 Å². The van der Waals surface area contributed by atoms with Crippen LogP contribution in [0.3, 0.4) is 0 Å². The van der Waals surface area contributed by atoms with E-state index < -0.39 is 10.0 Å². The molecule has 0 saturated carbocycles. The molecule has 0 bridgehead atoms. The van der Waals surface area contributed by atoms with Crippen LogP contribution in [0.5, 0.6) is 0 Å². The maximum atomic E-state index is 12.7.